The van der Waals surface area contributed by atoms with Crippen LogP contribution in [-0.2, 0) is 4.79 Å². The number of nitro groups is 1. The summed E-state index contributed by atoms with van der Waals surface area (Å²) in [7, 11) is 0. The van der Waals surface area contributed by atoms with Crippen LogP contribution in [0, 0.1) is 10.1 Å². The largest absolute Gasteiger partial charge is 0.339 e. The van der Waals surface area contributed by atoms with E-state index < -0.39 is 4.92 Å². The molecule has 0 spiro atoms. The molecule has 0 N–H and O–H groups in total. The van der Waals surface area contributed by atoms with Crippen molar-refractivity contribution in [3.8, 4) is 17.1 Å². The first-order valence-corrected chi connectivity index (χ1v) is 14.9. The van der Waals surface area contributed by atoms with Crippen molar-refractivity contribution in [3.05, 3.63) is 99.6 Å². The molecule has 1 unspecified atom stereocenters. The average molecular weight is 605 g/mol. The molecule has 42 heavy (non-hydrogen) atoms. The van der Waals surface area contributed by atoms with Gasteiger partial charge in [-0.25, -0.2) is 0 Å². The second kappa shape index (κ2) is 13.2. The van der Waals surface area contributed by atoms with Gasteiger partial charge in [0.1, 0.15) is 0 Å². The van der Waals surface area contributed by atoms with E-state index in [4.69, 9.17) is 11.6 Å². The van der Waals surface area contributed by atoms with E-state index in [9.17, 15) is 19.7 Å². The SMILES string of the molecule is CC1CN(C(=O)CCCSc2nnc(-c3ccccc3Cl)n2-c2ccccc2)CCN1C(=O)c1cccc([N+](=O)[O-])c1. The Hall–Kier alpha value is -4.22. The van der Waals surface area contributed by atoms with Gasteiger partial charge in [-0.3, -0.25) is 24.3 Å². The van der Waals surface area contributed by atoms with Crippen molar-refractivity contribution < 1.29 is 14.5 Å². The number of nitro benzene ring substituents is 1. The number of thioether (sulfide) groups is 1. The summed E-state index contributed by atoms with van der Waals surface area (Å²) in [6.07, 6.45) is 1.02. The van der Waals surface area contributed by atoms with Crippen LogP contribution in [0.4, 0.5) is 5.69 Å². The Morgan fingerprint density at radius 3 is 2.52 bits per heavy atom. The first-order valence-electron chi connectivity index (χ1n) is 13.5. The van der Waals surface area contributed by atoms with Crippen LogP contribution in [0.5, 0.6) is 0 Å². The molecule has 1 atom stereocenters. The van der Waals surface area contributed by atoms with E-state index in [2.05, 4.69) is 10.2 Å². The summed E-state index contributed by atoms with van der Waals surface area (Å²) in [5.41, 5.74) is 1.86. The van der Waals surface area contributed by atoms with Gasteiger partial charge in [0, 0.05) is 66.8 Å². The fourth-order valence-electron chi connectivity index (χ4n) is 4.94. The number of carbonyl (C=O) groups excluding carboxylic acids is 2. The quantitative estimate of drug-likeness (QED) is 0.104. The number of halogens is 1. The molecule has 2 amide bonds. The summed E-state index contributed by atoms with van der Waals surface area (Å²) in [6.45, 7) is 3.09. The number of hydrogen-bond acceptors (Lipinski definition) is 7. The Morgan fingerprint density at radius 2 is 1.79 bits per heavy atom. The monoisotopic (exact) mass is 604 g/mol. The maximum absolute atomic E-state index is 13.0. The van der Waals surface area contributed by atoms with Crippen LogP contribution >= 0.6 is 23.4 Å². The second-order valence-corrected chi connectivity index (χ2v) is 11.4. The van der Waals surface area contributed by atoms with Gasteiger partial charge in [-0.1, -0.05) is 59.8 Å². The summed E-state index contributed by atoms with van der Waals surface area (Å²) in [5, 5.41) is 21.3. The smallest absolute Gasteiger partial charge is 0.270 e. The molecule has 216 valence electrons. The number of carbonyl (C=O) groups is 2. The molecule has 1 aliphatic rings. The summed E-state index contributed by atoms with van der Waals surface area (Å²) in [5.74, 6) is 1.08. The van der Waals surface area contributed by atoms with Crippen LogP contribution in [0.3, 0.4) is 0 Å². The van der Waals surface area contributed by atoms with Gasteiger partial charge in [0.25, 0.3) is 11.6 Å². The van der Waals surface area contributed by atoms with Crippen LogP contribution in [0.2, 0.25) is 5.02 Å². The minimum Gasteiger partial charge on any atom is -0.339 e. The zero-order valence-electron chi connectivity index (χ0n) is 22.9. The molecule has 2 heterocycles. The number of aromatic nitrogens is 3. The third-order valence-electron chi connectivity index (χ3n) is 7.07. The van der Waals surface area contributed by atoms with Gasteiger partial charge in [-0.2, -0.15) is 0 Å². The van der Waals surface area contributed by atoms with Crippen molar-refractivity contribution in [2.24, 2.45) is 0 Å². The van der Waals surface area contributed by atoms with Gasteiger partial charge in [-0.15, -0.1) is 10.2 Å². The normalized spacial score (nSPS) is 15.0. The zero-order chi connectivity index (χ0) is 29.6. The third kappa shape index (κ3) is 6.47. The van der Waals surface area contributed by atoms with Crippen molar-refractivity contribution >= 4 is 40.9 Å². The van der Waals surface area contributed by atoms with Crippen molar-refractivity contribution in [1.82, 2.24) is 24.6 Å². The summed E-state index contributed by atoms with van der Waals surface area (Å²) < 4.78 is 1.98. The molecule has 1 aromatic heterocycles. The van der Waals surface area contributed by atoms with Crippen LogP contribution in [0.15, 0.2) is 84.0 Å². The molecule has 1 saturated heterocycles. The highest BCUT2D eigenvalue weighted by molar-refractivity contribution is 7.99. The molecule has 10 nitrogen and oxygen atoms in total. The number of amides is 2. The first-order chi connectivity index (χ1) is 20.3. The van der Waals surface area contributed by atoms with E-state index in [1.807, 2.05) is 66.1 Å². The van der Waals surface area contributed by atoms with Crippen LogP contribution in [0.25, 0.3) is 17.1 Å². The molecule has 0 radical (unpaired) electrons. The molecule has 4 aromatic rings. The van der Waals surface area contributed by atoms with E-state index in [0.717, 1.165) is 11.3 Å². The van der Waals surface area contributed by atoms with Gasteiger partial charge in [-0.05, 0) is 43.7 Å². The lowest BCUT2D eigenvalue weighted by Crippen LogP contribution is -2.55. The second-order valence-electron chi connectivity index (χ2n) is 9.90. The van der Waals surface area contributed by atoms with E-state index in [0.29, 0.717) is 54.2 Å². The maximum Gasteiger partial charge on any atom is 0.270 e. The molecule has 12 heteroatoms. The van der Waals surface area contributed by atoms with E-state index in [-0.39, 0.29) is 29.1 Å². The van der Waals surface area contributed by atoms with Crippen molar-refractivity contribution in [1.29, 1.82) is 0 Å². The Balaban J connectivity index is 1.17. The average Bonchev–Trinajstić information content (AvgIpc) is 3.43. The minimum absolute atomic E-state index is 0.0335. The Bertz CT molecular complexity index is 1600. The molecule has 5 rings (SSSR count). The van der Waals surface area contributed by atoms with E-state index in [1.165, 1.54) is 30.0 Å². The molecule has 1 aliphatic heterocycles. The first kappa shape index (κ1) is 29.3. The number of benzene rings is 3. The lowest BCUT2D eigenvalue weighted by molar-refractivity contribution is -0.384. The predicted molar refractivity (Wildman–Crippen MR) is 162 cm³/mol. The number of hydrogen-bond donors (Lipinski definition) is 0. The van der Waals surface area contributed by atoms with Gasteiger partial charge in [0.2, 0.25) is 5.91 Å². The van der Waals surface area contributed by atoms with Gasteiger partial charge < -0.3 is 9.80 Å². The number of nitrogens with zero attached hydrogens (tertiary/aromatic N) is 6. The topological polar surface area (TPSA) is 114 Å². The molecule has 0 aliphatic carbocycles. The highest BCUT2D eigenvalue weighted by atomic mass is 35.5. The van der Waals surface area contributed by atoms with Crippen molar-refractivity contribution in [3.63, 3.8) is 0 Å². The van der Waals surface area contributed by atoms with Crippen molar-refractivity contribution in [2.75, 3.05) is 25.4 Å². The Kier molecular flexibility index (Phi) is 9.19. The van der Waals surface area contributed by atoms with E-state index >= 15 is 0 Å². The highest BCUT2D eigenvalue weighted by Crippen LogP contribution is 2.32. The molecule has 0 bridgehead atoms. The van der Waals surface area contributed by atoms with Gasteiger partial charge in [0.15, 0.2) is 11.0 Å². The maximum atomic E-state index is 13.0. The van der Waals surface area contributed by atoms with Crippen LogP contribution in [-0.4, -0.2) is 72.7 Å². The molecule has 1 fully saturated rings. The fraction of sp³-hybridized carbons (Fsp3) is 0.267. The molecular formula is C30H29ClN6O4S. The number of piperazine rings is 1. The van der Waals surface area contributed by atoms with Crippen LogP contribution in [0.1, 0.15) is 30.1 Å². The Morgan fingerprint density at radius 1 is 1.02 bits per heavy atom. The van der Waals surface area contributed by atoms with Gasteiger partial charge in [0.05, 0.1) is 9.95 Å². The zero-order valence-corrected chi connectivity index (χ0v) is 24.5. The van der Waals surface area contributed by atoms with E-state index in [1.54, 1.807) is 15.9 Å². The number of non-ortho nitro benzene ring substituents is 1. The lowest BCUT2D eigenvalue weighted by atomic mass is 10.1. The van der Waals surface area contributed by atoms with Gasteiger partial charge >= 0.3 is 0 Å². The lowest BCUT2D eigenvalue weighted by Gasteiger charge is -2.40. The third-order valence-corrected chi connectivity index (χ3v) is 8.42. The Labute approximate surface area is 252 Å². The highest BCUT2D eigenvalue weighted by Gasteiger charge is 2.30. The fourth-order valence-corrected chi connectivity index (χ4v) is 6.05. The molecular weight excluding hydrogens is 576 g/mol. The molecule has 0 saturated carbocycles. The number of para-hydroxylation sites is 1. The standard InChI is InChI=1S/C30H29ClN6O4S/c1-21-20-34(16-17-35(21)29(39)22-9-7-12-24(19-22)37(40)41)27(38)15-8-18-42-30-33-32-28(25-13-5-6-14-26(25)31)36(30)23-10-3-2-4-11-23/h2-7,9-14,19,21H,8,15-18,20H2,1H3. The predicted octanol–water partition coefficient (Wildman–Crippen LogP) is 5.74. The van der Waals surface area contributed by atoms with Crippen molar-refractivity contribution in [2.45, 2.75) is 31.0 Å². The molecule has 3 aromatic carbocycles. The number of rotatable bonds is 9. The summed E-state index contributed by atoms with van der Waals surface area (Å²) in [4.78, 5) is 40.1. The summed E-state index contributed by atoms with van der Waals surface area (Å²) in [6, 6.07) is 22.9. The minimum atomic E-state index is -0.515. The summed E-state index contributed by atoms with van der Waals surface area (Å²) >= 11 is 8.00. The van der Waals surface area contributed by atoms with Crippen LogP contribution < -0.4 is 0 Å².